The first-order chi connectivity index (χ1) is 10.2. The van der Waals surface area contributed by atoms with Gasteiger partial charge < -0.3 is 15.1 Å². The summed E-state index contributed by atoms with van der Waals surface area (Å²) in [6.45, 7) is 7.94. The second-order valence-electron chi connectivity index (χ2n) is 5.11. The van der Waals surface area contributed by atoms with Crippen LogP contribution >= 0.6 is 36.4 Å². The quantitative estimate of drug-likeness (QED) is 0.644. The van der Waals surface area contributed by atoms with Gasteiger partial charge in [-0.15, -0.1) is 24.8 Å². The van der Waals surface area contributed by atoms with Crippen LogP contribution in [0.5, 0.6) is 0 Å². The molecule has 1 heterocycles. The summed E-state index contributed by atoms with van der Waals surface area (Å²) < 4.78 is 5.86. The van der Waals surface area contributed by atoms with Crippen LogP contribution in [0.15, 0.2) is 34.7 Å². The van der Waals surface area contributed by atoms with E-state index in [4.69, 9.17) is 16.0 Å². The van der Waals surface area contributed by atoms with Gasteiger partial charge in [-0.25, -0.2) is 0 Å². The van der Waals surface area contributed by atoms with Crippen LogP contribution in [0.2, 0.25) is 5.02 Å². The molecule has 6 heteroatoms. The number of furan rings is 1. The highest BCUT2D eigenvalue weighted by atomic mass is 35.5. The van der Waals surface area contributed by atoms with Crippen molar-refractivity contribution in [3.8, 4) is 11.3 Å². The van der Waals surface area contributed by atoms with Crippen LogP contribution in [0.3, 0.4) is 0 Å². The van der Waals surface area contributed by atoms with Gasteiger partial charge in [0.1, 0.15) is 11.5 Å². The Hall–Kier alpha value is -0.710. The first kappa shape index (κ1) is 22.3. The van der Waals surface area contributed by atoms with Gasteiger partial charge in [0.05, 0.1) is 6.54 Å². The Kier molecular flexibility index (Phi) is 11.4. The summed E-state index contributed by atoms with van der Waals surface area (Å²) in [5, 5.41) is 7.46. The zero-order chi connectivity index (χ0) is 15.1. The lowest BCUT2D eigenvalue weighted by atomic mass is 10.1. The molecule has 2 N–H and O–H groups in total. The second kappa shape index (κ2) is 11.8. The predicted octanol–water partition coefficient (Wildman–Crippen LogP) is 4.84. The first-order valence-corrected chi connectivity index (χ1v) is 7.85. The lowest BCUT2D eigenvalue weighted by molar-refractivity contribution is 0.488. The van der Waals surface area contributed by atoms with Crippen LogP contribution in [-0.2, 0) is 6.54 Å². The van der Waals surface area contributed by atoms with Gasteiger partial charge in [-0.3, -0.25) is 0 Å². The molecule has 0 atom stereocenters. The van der Waals surface area contributed by atoms with Crippen LogP contribution in [0, 0.1) is 6.92 Å². The van der Waals surface area contributed by atoms with E-state index in [1.807, 2.05) is 37.3 Å². The Bertz CT molecular complexity index is 573. The molecule has 0 radical (unpaired) electrons. The van der Waals surface area contributed by atoms with Crippen molar-refractivity contribution in [1.29, 1.82) is 0 Å². The van der Waals surface area contributed by atoms with Gasteiger partial charge in [0.25, 0.3) is 0 Å². The lowest BCUT2D eigenvalue weighted by Crippen LogP contribution is -2.21. The number of hydrogen-bond acceptors (Lipinski definition) is 3. The smallest absolute Gasteiger partial charge is 0.134 e. The monoisotopic (exact) mass is 378 g/mol. The minimum atomic E-state index is 0. The fraction of sp³-hybridized carbons (Fsp3) is 0.412. The minimum Gasteiger partial charge on any atom is -0.460 e. The normalized spacial score (nSPS) is 10.0. The molecular weight excluding hydrogens is 355 g/mol. The molecule has 3 nitrogen and oxygen atoms in total. The van der Waals surface area contributed by atoms with Crippen molar-refractivity contribution in [2.45, 2.75) is 26.8 Å². The number of rotatable bonds is 8. The third-order valence-electron chi connectivity index (χ3n) is 3.37. The topological polar surface area (TPSA) is 37.2 Å². The molecule has 0 fully saturated rings. The highest BCUT2D eigenvalue weighted by molar-refractivity contribution is 6.31. The van der Waals surface area contributed by atoms with E-state index < -0.39 is 0 Å². The van der Waals surface area contributed by atoms with E-state index in [0.717, 1.165) is 60.3 Å². The van der Waals surface area contributed by atoms with Crippen molar-refractivity contribution in [3.63, 3.8) is 0 Å². The third kappa shape index (κ3) is 7.15. The van der Waals surface area contributed by atoms with E-state index in [0.29, 0.717) is 0 Å². The van der Waals surface area contributed by atoms with Crippen LogP contribution in [0.1, 0.15) is 24.7 Å². The molecule has 0 bridgehead atoms. The van der Waals surface area contributed by atoms with E-state index in [-0.39, 0.29) is 24.8 Å². The Morgan fingerprint density at radius 1 is 1.04 bits per heavy atom. The van der Waals surface area contributed by atoms with Crippen LogP contribution < -0.4 is 10.6 Å². The average molecular weight is 380 g/mol. The Morgan fingerprint density at radius 3 is 2.48 bits per heavy atom. The van der Waals surface area contributed by atoms with Gasteiger partial charge in [0.2, 0.25) is 0 Å². The molecule has 2 rings (SSSR count). The van der Waals surface area contributed by atoms with Crippen LogP contribution in [0.25, 0.3) is 11.3 Å². The van der Waals surface area contributed by atoms with Crippen LogP contribution in [-0.4, -0.2) is 19.6 Å². The number of benzene rings is 1. The fourth-order valence-corrected chi connectivity index (χ4v) is 2.28. The Morgan fingerprint density at radius 2 is 1.78 bits per heavy atom. The molecule has 0 unspecified atom stereocenters. The number of aryl methyl sites for hydroxylation is 1. The highest BCUT2D eigenvalue weighted by Crippen LogP contribution is 2.26. The molecular formula is C17H25Cl3N2O. The number of nitrogens with one attached hydrogen (secondary N) is 2. The highest BCUT2D eigenvalue weighted by Gasteiger charge is 2.06. The zero-order valence-electron chi connectivity index (χ0n) is 13.5. The molecule has 0 amide bonds. The molecule has 130 valence electrons. The maximum atomic E-state index is 6.15. The fourth-order valence-electron chi connectivity index (χ4n) is 2.10. The summed E-state index contributed by atoms with van der Waals surface area (Å²) in [6.07, 6.45) is 1.12. The molecule has 1 aromatic heterocycles. The maximum Gasteiger partial charge on any atom is 0.134 e. The summed E-state index contributed by atoms with van der Waals surface area (Å²) in [5.74, 6) is 1.81. The molecule has 0 saturated heterocycles. The van der Waals surface area contributed by atoms with E-state index in [1.54, 1.807) is 0 Å². The molecule has 1 aromatic carbocycles. The number of halogens is 3. The SMILES string of the molecule is CCNCCCNCc1ccc(-c2ccc(C)c(Cl)c2)o1.Cl.Cl. The standard InChI is InChI=1S/C17H23ClN2O.2ClH/c1-3-19-9-4-10-20-12-15-7-8-17(21-15)14-6-5-13(2)16(18)11-14;;/h5-8,11,19-20H,3-4,9-10,12H2,1-2H3;2*1H. The number of hydrogen-bond donors (Lipinski definition) is 2. The van der Waals surface area contributed by atoms with Crippen molar-refractivity contribution in [2.24, 2.45) is 0 Å². The van der Waals surface area contributed by atoms with E-state index in [9.17, 15) is 0 Å². The lowest BCUT2D eigenvalue weighted by Gasteiger charge is -2.04. The molecule has 0 spiro atoms. The van der Waals surface area contributed by atoms with E-state index >= 15 is 0 Å². The van der Waals surface area contributed by atoms with Crippen molar-refractivity contribution < 1.29 is 4.42 Å². The molecule has 0 aliphatic carbocycles. The molecule has 23 heavy (non-hydrogen) atoms. The van der Waals surface area contributed by atoms with E-state index in [2.05, 4.69) is 17.6 Å². The third-order valence-corrected chi connectivity index (χ3v) is 3.78. The van der Waals surface area contributed by atoms with Gasteiger partial charge in [-0.1, -0.05) is 30.7 Å². The largest absolute Gasteiger partial charge is 0.460 e. The first-order valence-electron chi connectivity index (χ1n) is 7.47. The Balaban J connectivity index is 0.00000242. The zero-order valence-corrected chi connectivity index (χ0v) is 15.9. The van der Waals surface area contributed by atoms with E-state index in [1.165, 1.54) is 0 Å². The molecule has 0 saturated carbocycles. The van der Waals surface area contributed by atoms with Gasteiger partial charge in [-0.05, 0) is 56.7 Å². The predicted molar refractivity (Wildman–Crippen MR) is 103 cm³/mol. The van der Waals surface area contributed by atoms with Gasteiger partial charge in [0.15, 0.2) is 0 Å². The molecule has 0 aliphatic heterocycles. The summed E-state index contributed by atoms with van der Waals surface area (Å²) in [6, 6.07) is 10.0. The van der Waals surface area contributed by atoms with Gasteiger partial charge in [0, 0.05) is 10.6 Å². The van der Waals surface area contributed by atoms with Crippen molar-refractivity contribution in [2.75, 3.05) is 19.6 Å². The summed E-state index contributed by atoms with van der Waals surface area (Å²) in [5.41, 5.74) is 2.10. The summed E-state index contributed by atoms with van der Waals surface area (Å²) in [4.78, 5) is 0. The summed E-state index contributed by atoms with van der Waals surface area (Å²) in [7, 11) is 0. The van der Waals surface area contributed by atoms with Crippen molar-refractivity contribution in [3.05, 3.63) is 46.7 Å². The van der Waals surface area contributed by atoms with Crippen LogP contribution in [0.4, 0.5) is 0 Å². The second-order valence-corrected chi connectivity index (χ2v) is 5.52. The Labute approximate surface area is 156 Å². The van der Waals surface area contributed by atoms with Crippen molar-refractivity contribution >= 4 is 36.4 Å². The van der Waals surface area contributed by atoms with Gasteiger partial charge >= 0.3 is 0 Å². The van der Waals surface area contributed by atoms with Gasteiger partial charge in [-0.2, -0.15) is 0 Å². The molecule has 0 aliphatic rings. The van der Waals surface area contributed by atoms with Crippen molar-refractivity contribution in [1.82, 2.24) is 10.6 Å². The minimum absolute atomic E-state index is 0. The summed E-state index contributed by atoms with van der Waals surface area (Å²) >= 11 is 6.15. The maximum absolute atomic E-state index is 6.15. The average Bonchev–Trinajstić information content (AvgIpc) is 2.94. The molecule has 2 aromatic rings.